The average molecular weight is 222 g/mol. The van der Waals surface area contributed by atoms with E-state index in [-0.39, 0.29) is 0 Å². The maximum absolute atomic E-state index is 5.88. The molecule has 0 saturated heterocycles. The van der Waals surface area contributed by atoms with Crippen LogP contribution in [0.15, 0.2) is 12.1 Å². The minimum absolute atomic E-state index is 0.640. The number of nitrogens with two attached hydrogens (primary N) is 1. The standard InChI is InChI=1S/C11H14N2OS/c1-3-7-5-6-8(12)9-10(7)15-11(13-9)14-4-2/h5-6H,3-4,12H2,1-2H3. The molecule has 0 atom stereocenters. The van der Waals surface area contributed by atoms with Gasteiger partial charge in [-0.15, -0.1) is 0 Å². The zero-order chi connectivity index (χ0) is 10.8. The normalized spacial score (nSPS) is 10.8. The predicted molar refractivity (Wildman–Crippen MR) is 64.6 cm³/mol. The first-order valence-corrected chi connectivity index (χ1v) is 5.88. The predicted octanol–water partition coefficient (Wildman–Crippen LogP) is 2.84. The molecule has 0 saturated carbocycles. The molecule has 4 heteroatoms. The fourth-order valence-corrected chi connectivity index (χ4v) is 2.61. The molecule has 1 heterocycles. The van der Waals surface area contributed by atoms with Gasteiger partial charge in [0.2, 0.25) is 0 Å². The molecule has 0 bridgehead atoms. The monoisotopic (exact) mass is 222 g/mol. The van der Waals surface area contributed by atoms with Gasteiger partial charge in [-0.1, -0.05) is 24.3 Å². The average Bonchev–Trinajstić information content (AvgIpc) is 2.64. The molecular formula is C11H14N2OS. The van der Waals surface area contributed by atoms with Crippen LogP contribution >= 0.6 is 11.3 Å². The lowest BCUT2D eigenvalue weighted by Gasteiger charge is -1.99. The van der Waals surface area contributed by atoms with Crippen LogP contribution in [0.25, 0.3) is 10.2 Å². The number of nitrogen functional groups attached to an aromatic ring is 1. The molecule has 1 aromatic heterocycles. The Labute approximate surface area is 92.9 Å². The highest BCUT2D eigenvalue weighted by molar-refractivity contribution is 7.20. The Bertz CT molecular complexity index is 479. The molecule has 0 unspecified atom stereocenters. The smallest absolute Gasteiger partial charge is 0.274 e. The number of aryl methyl sites for hydroxylation is 1. The quantitative estimate of drug-likeness (QED) is 0.812. The van der Waals surface area contributed by atoms with E-state index >= 15 is 0 Å². The van der Waals surface area contributed by atoms with Crippen LogP contribution in [0.3, 0.4) is 0 Å². The van der Waals surface area contributed by atoms with E-state index in [2.05, 4.69) is 18.0 Å². The minimum atomic E-state index is 0.640. The number of aromatic nitrogens is 1. The summed E-state index contributed by atoms with van der Waals surface area (Å²) in [4.78, 5) is 4.38. The summed E-state index contributed by atoms with van der Waals surface area (Å²) >= 11 is 1.57. The summed E-state index contributed by atoms with van der Waals surface area (Å²) in [6, 6.07) is 3.97. The largest absolute Gasteiger partial charge is 0.470 e. The van der Waals surface area contributed by atoms with E-state index in [1.54, 1.807) is 11.3 Å². The molecule has 0 aliphatic rings. The van der Waals surface area contributed by atoms with Crippen molar-refractivity contribution in [3.63, 3.8) is 0 Å². The van der Waals surface area contributed by atoms with Gasteiger partial charge < -0.3 is 10.5 Å². The third kappa shape index (κ3) is 1.77. The van der Waals surface area contributed by atoms with Crippen LogP contribution in [-0.2, 0) is 6.42 Å². The second kappa shape index (κ2) is 4.06. The Balaban J connectivity index is 2.61. The summed E-state index contributed by atoms with van der Waals surface area (Å²) in [7, 11) is 0. The molecule has 0 spiro atoms. The van der Waals surface area contributed by atoms with Gasteiger partial charge >= 0.3 is 0 Å². The number of anilines is 1. The van der Waals surface area contributed by atoms with Crippen molar-refractivity contribution in [1.29, 1.82) is 0 Å². The number of rotatable bonds is 3. The summed E-state index contributed by atoms with van der Waals surface area (Å²) in [5.74, 6) is 0. The van der Waals surface area contributed by atoms with Gasteiger partial charge in [-0.05, 0) is 25.0 Å². The molecule has 0 radical (unpaired) electrons. The molecule has 0 amide bonds. The van der Waals surface area contributed by atoms with E-state index in [1.165, 1.54) is 5.56 Å². The van der Waals surface area contributed by atoms with Crippen molar-refractivity contribution in [1.82, 2.24) is 4.98 Å². The molecule has 0 fully saturated rings. The Morgan fingerprint density at radius 1 is 1.40 bits per heavy atom. The van der Waals surface area contributed by atoms with Crippen LogP contribution < -0.4 is 10.5 Å². The first-order valence-electron chi connectivity index (χ1n) is 5.07. The zero-order valence-electron chi connectivity index (χ0n) is 8.91. The van der Waals surface area contributed by atoms with E-state index in [0.717, 1.165) is 22.3 Å². The Hall–Kier alpha value is -1.29. The van der Waals surface area contributed by atoms with Gasteiger partial charge in [-0.3, -0.25) is 0 Å². The first kappa shape index (κ1) is 10.2. The van der Waals surface area contributed by atoms with Crippen LogP contribution in [0.2, 0.25) is 0 Å². The maximum atomic E-state index is 5.88. The van der Waals surface area contributed by atoms with Crippen LogP contribution in [0, 0.1) is 0 Å². The van der Waals surface area contributed by atoms with Crippen molar-refractivity contribution < 1.29 is 4.74 Å². The topological polar surface area (TPSA) is 48.1 Å². The molecule has 2 rings (SSSR count). The lowest BCUT2D eigenvalue weighted by Crippen LogP contribution is -1.91. The summed E-state index contributed by atoms with van der Waals surface area (Å²) in [5, 5.41) is 0.708. The zero-order valence-corrected chi connectivity index (χ0v) is 9.73. The van der Waals surface area contributed by atoms with Crippen molar-refractivity contribution in [2.24, 2.45) is 0 Å². The Kier molecular flexibility index (Phi) is 2.77. The van der Waals surface area contributed by atoms with Gasteiger partial charge in [-0.25, -0.2) is 4.98 Å². The SMILES string of the molecule is CCOc1nc2c(N)ccc(CC)c2s1. The molecule has 0 aliphatic heterocycles. The fourth-order valence-electron chi connectivity index (χ4n) is 1.52. The fraction of sp³-hybridized carbons (Fsp3) is 0.364. The number of thiazole rings is 1. The second-order valence-corrected chi connectivity index (χ2v) is 4.22. The highest BCUT2D eigenvalue weighted by Crippen LogP contribution is 2.34. The molecule has 2 aromatic rings. The van der Waals surface area contributed by atoms with Gasteiger partial charge in [0.15, 0.2) is 0 Å². The lowest BCUT2D eigenvalue weighted by atomic mass is 10.1. The van der Waals surface area contributed by atoms with Crippen molar-refractivity contribution in [3.05, 3.63) is 17.7 Å². The van der Waals surface area contributed by atoms with Crippen LogP contribution in [0.4, 0.5) is 5.69 Å². The number of hydrogen-bond acceptors (Lipinski definition) is 4. The van der Waals surface area contributed by atoms with Gasteiger partial charge in [0.1, 0.15) is 5.52 Å². The number of ether oxygens (including phenoxy) is 1. The number of hydrogen-bond donors (Lipinski definition) is 1. The van der Waals surface area contributed by atoms with Crippen LogP contribution in [-0.4, -0.2) is 11.6 Å². The molecular weight excluding hydrogens is 208 g/mol. The van der Waals surface area contributed by atoms with Crippen molar-refractivity contribution in [3.8, 4) is 5.19 Å². The van der Waals surface area contributed by atoms with Crippen molar-refractivity contribution in [2.45, 2.75) is 20.3 Å². The third-order valence-electron chi connectivity index (χ3n) is 2.29. The summed E-state index contributed by atoms with van der Waals surface area (Å²) < 4.78 is 6.55. The molecule has 2 N–H and O–H groups in total. The molecule has 1 aromatic carbocycles. The van der Waals surface area contributed by atoms with E-state index in [0.29, 0.717) is 11.8 Å². The van der Waals surface area contributed by atoms with Crippen molar-refractivity contribution in [2.75, 3.05) is 12.3 Å². The van der Waals surface area contributed by atoms with Crippen molar-refractivity contribution >= 4 is 27.2 Å². The van der Waals surface area contributed by atoms with E-state index in [1.807, 2.05) is 13.0 Å². The summed E-state index contributed by atoms with van der Waals surface area (Å²) in [6.45, 7) is 4.72. The second-order valence-electron chi connectivity index (χ2n) is 3.26. The number of fused-ring (bicyclic) bond motifs is 1. The molecule has 15 heavy (non-hydrogen) atoms. The molecule has 3 nitrogen and oxygen atoms in total. The highest BCUT2D eigenvalue weighted by Gasteiger charge is 2.10. The lowest BCUT2D eigenvalue weighted by molar-refractivity contribution is 0.339. The van der Waals surface area contributed by atoms with Crippen LogP contribution in [0.1, 0.15) is 19.4 Å². The third-order valence-corrected chi connectivity index (χ3v) is 3.33. The molecule has 0 aliphatic carbocycles. The summed E-state index contributed by atoms with van der Waals surface area (Å²) in [5.41, 5.74) is 8.76. The first-order chi connectivity index (χ1) is 7.26. The number of nitrogens with zero attached hydrogens (tertiary/aromatic N) is 1. The van der Waals surface area contributed by atoms with Gasteiger partial charge in [0.05, 0.1) is 17.0 Å². The van der Waals surface area contributed by atoms with Gasteiger partial charge in [0, 0.05) is 0 Å². The van der Waals surface area contributed by atoms with Gasteiger partial charge in [-0.2, -0.15) is 0 Å². The maximum Gasteiger partial charge on any atom is 0.274 e. The van der Waals surface area contributed by atoms with E-state index in [4.69, 9.17) is 10.5 Å². The van der Waals surface area contributed by atoms with Gasteiger partial charge in [0.25, 0.3) is 5.19 Å². The van der Waals surface area contributed by atoms with E-state index < -0.39 is 0 Å². The Morgan fingerprint density at radius 3 is 2.87 bits per heavy atom. The number of benzene rings is 1. The minimum Gasteiger partial charge on any atom is -0.470 e. The van der Waals surface area contributed by atoms with Crippen LogP contribution in [0.5, 0.6) is 5.19 Å². The van der Waals surface area contributed by atoms with E-state index in [9.17, 15) is 0 Å². The Morgan fingerprint density at radius 2 is 2.20 bits per heavy atom. The highest BCUT2D eigenvalue weighted by atomic mass is 32.1. The summed E-state index contributed by atoms with van der Waals surface area (Å²) in [6.07, 6.45) is 0.991. The molecule has 80 valence electrons.